The van der Waals surface area contributed by atoms with Crippen LogP contribution in [0.15, 0.2) is 30.3 Å². The number of hydrogen-bond donors (Lipinski definition) is 1. The number of nitrogens with one attached hydrogen (secondary N) is 1. The lowest BCUT2D eigenvalue weighted by Crippen LogP contribution is -2.23. The van der Waals surface area contributed by atoms with Gasteiger partial charge >= 0.3 is 5.97 Å². The number of rotatable bonds is 8. The molecule has 0 saturated heterocycles. The highest BCUT2D eigenvalue weighted by atomic mass is 31.2. The van der Waals surface area contributed by atoms with Gasteiger partial charge in [-0.1, -0.05) is 18.2 Å². The van der Waals surface area contributed by atoms with Crippen molar-refractivity contribution in [2.75, 3.05) is 19.3 Å². The maximum atomic E-state index is 11.2. The molecule has 0 aliphatic rings. The van der Waals surface area contributed by atoms with Crippen LogP contribution in [0.1, 0.15) is 6.92 Å². The van der Waals surface area contributed by atoms with Crippen LogP contribution in [-0.2, 0) is 14.3 Å². The van der Waals surface area contributed by atoms with E-state index in [1.165, 1.54) is 0 Å². The van der Waals surface area contributed by atoms with Crippen LogP contribution in [0.3, 0.4) is 0 Å². The molecule has 1 unspecified atom stereocenters. The normalized spacial score (nSPS) is 11.6. The quantitative estimate of drug-likeness (QED) is 0.442. The third-order valence-corrected chi connectivity index (χ3v) is 3.33. The van der Waals surface area contributed by atoms with Crippen LogP contribution in [0.5, 0.6) is 5.75 Å². The summed E-state index contributed by atoms with van der Waals surface area (Å²) in [6, 6.07) is 9.16. The number of carbonyl (C=O) groups excluding carboxylic acids is 2. The zero-order valence-electron chi connectivity index (χ0n) is 10.2. The minimum Gasteiger partial charge on any atom is -0.465 e. The van der Waals surface area contributed by atoms with Gasteiger partial charge in [-0.05, 0) is 19.1 Å². The van der Waals surface area contributed by atoms with Crippen molar-refractivity contribution in [3.63, 3.8) is 0 Å². The lowest BCUT2D eigenvalue weighted by molar-refractivity contribution is -0.141. The first-order valence-corrected chi connectivity index (χ1v) is 7.04. The van der Waals surface area contributed by atoms with Crippen molar-refractivity contribution in [3.05, 3.63) is 30.3 Å². The summed E-state index contributed by atoms with van der Waals surface area (Å²) in [5.74, 6) is 0.314. The molecule has 6 heteroatoms. The Kier molecular flexibility index (Phi) is 6.99. The average Bonchev–Trinajstić information content (AvgIpc) is 2.38. The van der Waals surface area contributed by atoms with Gasteiger partial charge in [-0.3, -0.25) is 9.88 Å². The average molecular weight is 269 g/mol. The van der Waals surface area contributed by atoms with Gasteiger partial charge in [0, 0.05) is 0 Å². The van der Waals surface area contributed by atoms with Crippen LogP contribution < -0.4 is 9.61 Å². The molecule has 1 atom stereocenters. The van der Waals surface area contributed by atoms with Gasteiger partial charge in [-0.2, -0.15) is 0 Å². The van der Waals surface area contributed by atoms with Crippen LogP contribution in [0, 0.1) is 0 Å². The molecule has 0 fully saturated rings. The second-order valence-corrected chi connectivity index (χ2v) is 4.89. The van der Waals surface area contributed by atoms with Crippen LogP contribution >= 0.6 is 8.30 Å². The summed E-state index contributed by atoms with van der Waals surface area (Å²) in [6.45, 7) is 2.12. The van der Waals surface area contributed by atoms with E-state index in [9.17, 15) is 9.59 Å². The SMILES string of the molecule is CCOC(=O)CNP(CC=O)Oc1ccccc1. The minimum atomic E-state index is -1.20. The van der Waals surface area contributed by atoms with Crippen molar-refractivity contribution in [2.45, 2.75) is 6.92 Å². The third kappa shape index (κ3) is 5.75. The number of esters is 1. The van der Waals surface area contributed by atoms with Gasteiger partial charge in [0.25, 0.3) is 0 Å². The molecule has 1 aromatic carbocycles. The smallest absolute Gasteiger partial charge is 0.320 e. The third-order valence-electron chi connectivity index (χ3n) is 1.90. The highest BCUT2D eigenvalue weighted by Crippen LogP contribution is 2.32. The fraction of sp³-hybridized carbons (Fsp3) is 0.333. The van der Waals surface area contributed by atoms with Crippen molar-refractivity contribution >= 4 is 20.6 Å². The Morgan fingerprint density at radius 3 is 2.72 bits per heavy atom. The largest absolute Gasteiger partial charge is 0.465 e. The first-order valence-electron chi connectivity index (χ1n) is 5.59. The molecular weight excluding hydrogens is 253 g/mol. The fourth-order valence-corrected chi connectivity index (χ4v) is 2.26. The fourth-order valence-electron chi connectivity index (χ4n) is 1.18. The van der Waals surface area contributed by atoms with Crippen LogP contribution in [-0.4, -0.2) is 31.6 Å². The monoisotopic (exact) mass is 269 g/mol. The Hall–Kier alpha value is -1.45. The molecule has 0 aliphatic carbocycles. The predicted molar refractivity (Wildman–Crippen MR) is 69.6 cm³/mol. The molecule has 98 valence electrons. The van der Waals surface area contributed by atoms with E-state index >= 15 is 0 Å². The molecule has 5 nitrogen and oxygen atoms in total. The van der Waals surface area contributed by atoms with Gasteiger partial charge in [0.2, 0.25) is 0 Å². The Morgan fingerprint density at radius 2 is 2.11 bits per heavy atom. The van der Waals surface area contributed by atoms with Gasteiger partial charge in [-0.25, -0.2) is 0 Å². The van der Waals surface area contributed by atoms with Crippen LogP contribution in [0.25, 0.3) is 0 Å². The summed E-state index contributed by atoms with van der Waals surface area (Å²) in [6.07, 6.45) is 0.996. The first kappa shape index (κ1) is 14.6. The zero-order valence-corrected chi connectivity index (χ0v) is 11.1. The molecule has 0 spiro atoms. The lowest BCUT2D eigenvalue weighted by atomic mass is 10.3. The van der Waals surface area contributed by atoms with E-state index in [0.717, 1.165) is 6.29 Å². The Balaban J connectivity index is 2.44. The molecule has 0 heterocycles. The van der Waals surface area contributed by atoms with E-state index in [1.54, 1.807) is 19.1 Å². The molecule has 1 rings (SSSR count). The van der Waals surface area contributed by atoms with Crippen LogP contribution in [0.2, 0.25) is 0 Å². The molecule has 0 amide bonds. The van der Waals surface area contributed by atoms with Gasteiger partial charge in [-0.15, -0.1) is 0 Å². The summed E-state index contributed by atoms with van der Waals surface area (Å²) < 4.78 is 10.4. The molecule has 0 aliphatic heterocycles. The molecule has 0 saturated carbocycles. The summed E-state index contributed by atoms with van der Waals surface area (Å²) in [4.78, 5) is 21.7. The van der Waals surface area contributed by atoms with E-state index in [-0.39, 0.29) is 18.7 Å². The van der Waals surface area contributed by atoms with E-state index in [2.05, 4.69) is 5.09 Å². The first-order chi connectivity index (χ1) is 8.76. The van der Waals surface area contributed by atoms with Gasteiger partial charge < -0.3 is 14.1 Å². The number of aldehydes is 1. The summed E-state index contributed by atoms with van der Waals surface area (Å²) in [7, 11) is -1.20. The lowest BCUT2D eigenvalue weighted by Gasteiger charge is -2.16. The Bertz CT molecular complexity index is 372. The van der Waals surface area contributed by atoms with Crippen molar-refractivity contribution < 1.29 is 18.8 Å². The molecule has 18 heavy (non-hydrogen) atoms. The number of benzene rings is 1. The predicted octanol–water partition coefficient (Wildman–Crippen LogP) is 1.73. The molecule has 1 aromatic rings. The van der Waals surface area contributed by atoms with Crippen molar-refractivity contribution in [3.8, 4) is 5.75 Å². The topological polar surface area (TPSA) is 64.6 Å². The maximum absolute atomic E-state index is 11.2. The van der Waals surface area contributed by atoms with Crippen molar-refractivity contribution in [2.24, 2.45) is 0 Å². The van der Waals surface area contributed by atoms with Gasteiger partial charge in [0.15, 0.2) is 8.30 Å². The molecule has 0 radical (unpaired) electrons. The number of ether oxygens (including phenoxy) is 1. The van der Waals surface area contributed by atoms with Crippen LogP contribution in [0.4, 0.5) is 0 Å². The van der Waals surface area contributed by atoms with Gasteiger partial charge in [0.1, 0.15) is 18.6 Å². The van der Waals surface area contributed by atoms with E-state index in [4.69, 9.17) is 9.26 Å². The highest BCUT2D eigenvalue weighted by Gasteiger charge is 2.12. The number of carbonyl (C=O) groups is 2. The zero-order chi connectivity index (χ0) is 13.2. The van der Waals surface area contributed by atoms with Crippen molar-refractivity contribution in [1.29, 1.82) is 0 Å². The molecule has 0 aromatic heterocycles. The number of para-hydroxylation sites is 1. The van der Waals surface area contributed by atoms with E-state index in [1.807, 2.05) is 18.2 Å². The maximum Gasteiger partial charge on any atom is 0.320 e. The van der Waals surface area contributed by atoms with E-state index < -0.39 is 8.30 Å². The minimum absolute atomic E-state index is 0.0419. The molecule has 1 N–H and O–H groups in total. The Labute approximate surface area is 107 Å². The summed E-state index contributed by atoms with van der Waals surface area (Å²) in [5.41, 5.74) is 0. The second-order valence-electron chi connectivity index (χ2n) is 3.27. The highest BCUT2D eigenvalue weighted by molar-refractivity contribution is 7.51. The van der Waals surface area contributed by atoms with E-state index in [0.29, 0.717) is 12.4 Å². The van der Waals surface area contributed by atoms with Crippen molar-refractivity contribution in [1.82, 2.24) is 5.09 Å². The molecule has 0 bridgehead atoms. The summed E-state index contributed by atoms with van der Waals surface area (Å²) >= 11 is 0. The molecular formula is C12H16NO4P. The van der Waals surface area contributed by atoms with Gasteiger partial charge in [0.05, 0.1) is 12.8 Å². The second kappa shape index (κ2) is 8.61. The Morgan fingerprint density at radius 1 is 1.39 bits per heavy atom. The summed E-state index contributed by atoms with van der Waals surface area (Å²) in [5, 5.41) is 2.89. The standard InChI is InChI=1S/C12H16NO4P/c1-2-16-12(15)10-13-18(9-8-14)17-11-6-4-3-5-7-11/h3-8,13H,2,9-10H2,1H3. The number of hydrogen-bond acceptors (Lipinski definition) is 5.